The number of para-hydroxylation sites is 2. The molecule has 2 aromatic heterocycles. The van der Waals surface area contributed by atoms with E-state index in [2.05, 4.69) is 222 Å². The fourth-order valence-electron chi connectivity index (χ4n) is 8.60. The maximum atomic E-state index is 6.65. The minimum Gasteiger partial charge on any atom is -0.456 e. The van der Waals surface area contributed by atoms with Crippen LogP contribution in [-0.2, 0) is 0 Å². The second-order valence-electron chi connectivity index (χ2n) is 14.5. The third kappa shape index (κ3) is 5.60. The second kappa shape index (κ2) is 13.6. The number of benzene rings is 9. The molecule has 0 N–H and O–H groups in total. The molecular formula is C54H36N2O. The lowest BCUT2D eigenvalue weighted by molar-refractivity contribution is 0.669. The topological polar surface area (TPSA) is 21.3 Å². The predicted molar refractivity (Wildman–Crippen MR) is 239 cm³/mol. The molecule has 2 heterocycles. The Hall–Kier alpha value is -7.62. The van der Waals surface area contributed by atoms with E-state index in [0.29, 0.717) is 0 Å². The van der Waals surface area contributed by atoms with Gasteiger partial charge in [-0.1, -0.05) is 152 Å². The van der Waals surface area contributed by atoms with Crippen LogP contribution in [-0.4, -0.2) is 4.57 Å². The molecule has 0 radical (unpaired) electrons. The summed E-state index contributed by atoms with van der Waals surface area (Å²) in [6, 6.07) is 78.1. The summed E-state index contributed by atoms with van der Waals surface area (Å²) >= 11 is 0. The molecular weight excluding hydrogens is 693 g/mol. The first-order valence-corrected chi connectivity index (χ1v) is 19.4. The average molecular weight is 729 g/mol. The zero-order valence-electron chi connectivity index (χ0n) is 31.1. The molecule has 0 aliphatic heterocycles. The van der Waals surface area contributed by atoms with Crippen molar-refractivity contribution >= 4 is 60.8 Å². The van der Waals surface area contributed by atoms with Gasteiger partial charge >= 0.3 is 0 Å². The van der Waals surface area contributed by atoms with E-state index in [4.69, 9.17) is 4.42 Å². The number of nitrogens with zero attached hydrogens (tertiary/aromatic N) is 2. The Kier molecular flexibility index (Phi) is 7.82. The molecule has 11 rings (SSSR count). The lowest BCUT2D eigenvalue weighted by Gasteiger charge is -2.26. The smallest absolute Gasteiger partial charge is 0.138 e. The van der Waals surface area contributed by atoms with E-state index < -0.39 is 0 Å². The number of fused-ring (bicyclic) bond motifs is 6. The molecule has 0 saturated heterocycles. The van der Waals surface area contributed by atoms with Gasteiger partial charge in [0.15, 0.2) is 0 Å². The quantitative estimate of drug-likeness (QED) is 0.163. The maximum absolute atomic E-state index is 6.65. The van der Waals surface area contributed by atoms with Crippen molar-refractivity contribution in [3.05, 3.63) is 218 Å². The van der Waals surface area contributed by atoms with Gasteiger partial charge in [-0.3, -0.25) is 0 Å². The van der Waals surface area contributed by atoms with Crippen molar-refractivity contribution in [1.29, 1.82) is 0 Å². The van der Waals surface area contributed by atoms with Gasteiger partial charge in [-0.25, -0.2) is 0 Å². The van der Waals surface area contributed by atoms with Gasteiger partial charge in [-0.05, 0) is 88.5 Å². The summed E-state index contributed by atoms with van der Waals surface area (Å²) in [6.45, 7) is 0. The van der Waals surface area contributed by atoms with Crippen LogP contribution >= 0.6 is 0 Å². The molecule has 3 heteroatoms. The summed E-state index contributed by atoms with van der Waals surface area (Å²) in [6.07, 6.45) is 0. The highest BCUT2D eigenvalue weighted by Crippen LogP contribution is 2.48. The zero-order valence-corrected chi connectivity index (χ0v) is 31.1. The van der Waals surface area contributed by atoms with Crippen molar-refractivity contribution in [3.8, 4) is 39.1 Å². The summed E-state index contributed by atoms with van der Waals surface area (Å²) in [5.41, 5.74) is 15.4. The molecule has 0 atom stereocenters. The van der Waals surface area contributed by atoms with E-state index in [1.165, 1.54) is 38.6 Å². The number of hydrogen-bond donors (Lipinski definition) is 0. The van der Waals surface area contributed by atoms with Gasteiger partial charge in [0.25, 0.3) is 0 Å². The number of aromatic nitrogens is 1. The number of furan rings is 1. The first kappa shape index (κ1) is 32.8. The number of hydrogen-bond acceptors (Lipinski definition) is 2. The average Bonchev–Trinajstić information content (AvgIpc) is 3.82. The van der Waals surface area contributed by atoms with Gasteiger partial charge in [0.05, 0.1) is 11.0 Å². The standard InChI is InChI=1S/C54H36N2O/c1-5-16-37(17-6-1)39-28-30-43(31-29-39)55(44-25-15-22-41(34-44)38-18-7-2-8-19-38)45-32-33-48-47(35-45)53-49(56(48)42-23-11-4-12-24-42)36-51-54(46-26-13-14-27-50(46)57-51)52(53)40-20-9-3-10-21-40/h1-36H. The van der Waals surface area contributed by atoms with E-state index in [0.717, 1.165) is 61.3 Å². The van der Waals surface area contributed by atoms with Crippen LogP contribution in [0.25, 0.3) is 82.8 Å². The minimum absolute atomic E-state index is 0.876. The molecule has 11 aromatic rings. The van der Waals surface area contributed by atoms with Crippen LogP contribution in [0, 0.1) is 0 Å². The van der Waals surface area contributed by atoms with E-state index in [-0.39, 0.29) is 0 Å². The number of anilines is 3. The van der Waals surface area contributed by atoms with E-state index in [9.17, 15) is 0 Å². The minimum atomic E-state index is 0.876. The molecule has 0 aliphatic rings. The first-order valence-electron chi connectivity index (χ1n) is 19.4. The van der Waals surface area contributed by atoms with Crippen molar-refractivity contribution in [3.63, 3.8) is 0 Å². The third-order valence-electron chi connectivity index (χ3n) is 11.2. The van der Waals surface area contributed by atoms with Crippen LogP contribution in [0.4, 0.5) is 17.1 Å². The Labute approximate surface area is 330 Å². The highest BCUT2D eigenvalue weighted by atomic mass is 16.3. The third-order valence-corrected chi connectivity index (χ3v) is 11.2. The Morgan fingerprint density at radius 1 is 0.333 bits per heavy atom. The van der Waals surface area contributed by atoms with Crippen molar-refractivity contribution in [1.82, 2.24) is 4.57 Å². The molecule has 0 aliphatic carbocycles. The maximum Gasteiger partial charge on any atom is 0.138 e. The highest BCUT2D eigenvalue weighted by Gasteiger charge is 2.24. The van der Waals surface area contributed by atoms with Crippen LogP contribution in [0.5, 0.6) is 0 Å². The van der Waals surface area contributed by atoms with Gasteiger partial charge < -0.3 is 13.9 Å². The highest BCUT2D eigenvalue weighted by molar-refractivity contribution is 6.27. The normalized spacial score (nSPS) is 11.5. The summed E-state index contributed by atoms with van der Waals surface area (Å²) in [4.78, 5) is 2.39. The molecule has 57 heavy (non-hydrogen) atoms. The SMILES string of the molecule is c1ccc(-c2ccc(N(c3cccc(-c4ccccc4)c3)c3ccc4c(c3)c3c(-c5ccccc5)c5c(cc3n4-c3ccccc3)oc3ccccc35)cc2)cc1. The van der Waals surface area contributed by atoms with Crippen LogP contribution in [0.3, 0.4) is 0 Å². The molecule has 0 amide bonds. The summed E-state index contributed by atoms with van der Waals surface area (Å²) in [5.74, 6) is 0. The number of rotatable bonds is 7. The summed E-state index contributed by atoms with van der Waals surface area (Å²) in [7, 11) is 0. The van der Waals surface area contributed by atoms with E-state index in [1.54, 1.807) is 0 Å². The Morgan fingerprint density at radius 2 is 0.895 bits per heavy atom. The van der Waals surface area contributed by atoms with Crippen molar-refractivity contribution in [2.45, 2.75) is 0 Å². The molecule has 3 nitrogen and oxygen atoms in total. The Bertz CT molecular complexity index is 3200. The summed E-state index contributed by atoms with van der Waals surface area (Å²) < 4.78 is 9.05. The predicted octanol–water partition coefficient (Wildman–Crippen LogP) is 15.2. The lowest BCUT2D eigenvalue weighted by atomic mass is 9.94. The monoisotopic (exact) mass is 728 g/mol. The Morgan fingerprint density at radius 3 is 1.61 bits per heavy atom. The van der Waals surface area contributed by atoms with Crippen LogP contribution < -0.4 is 4.90 Å². The van der Waals surface area contributed by atoms with Gasteiger partial charge in [0.1, 0.15) is 11.2 Å². The van der Waals surface area contributed by atoms with Gasteiger partial charge in [-0.15, -0.1) is 0 Å². The van der Waals surface area contributed by atoms with E-state index in [1.807, 2.05) is 6.07 Å². The molecule has 0 saturated carbocycles. The lowest BCUT2D eigenvalue weighted by Crippen LogP contribution is -2.10. The van der Waals surface area contributed by atoms with Crippen LogP contribution in [0.2, 0.25) is 0 Å². The molecule has 0 bridgehead atoms. The molecule has 9 aromatic carbocycles. The van der Waals surface area contributed by atoms with Crippen LogP contribution in [0.15, 0.2) is 223 Å². The fourth-order valence-corrected chi connectivity index (χ4v) is 8.60. The van der Waals surface area contributed by atoms with Crippen molar-refractivity contribution < 1.29 is 4.42 Å². The van der Waals surface area contributed by atoms with Crippen LogP contribution in [0.1, 0.15) is 0 Å². The first-order chi connectivity index (χ1) is 28.3. The summed E-state index contributed by atoms with van der Waals surface area (Å²) in [5, 5.41) is 4.61. The largest absolute Gasteiger partial charge is 0.456 e. The molecule has 0 unspecified atom stereocenters. The second-order valence-corrected chi connectivity index (χ2v) is 14.5. The molecule has 0 fully saturated rings. The fraction of sp³-hybridized carbons (Fsp3) is 0. The molecule has 0 spiro atoms. The van der Waals surface area contributed by atoms with Crippen molar-refractivity contribution in [2.24, 2.45) is 0 Å². The van der Waals surface area contributed by atoms with Gasteiger partial charge in [-0.2, -0.15) is 0 Å². The van der Waals surface area contributed by atoms with Gasteiger partial charge in [0, 0.05) is 55.9 Å². The Balaban J connectivity index is 1.22. The zero-order chi connectivity index (χ0) is 37.7. The van der Waals surface area contributed by atoms with E-state index >= 15 is 0 Å². The molecule has 268 valence electrons. The van der Waals surface area contributed by atoms with Gasteiger partial charge in [0.2, 0.25) is 0 Å². The van der Waals surface area contributed by atoms with Crippen molar-refractivity contribution in [2.75, 3.05) is 4.90 Å².